The van der Waals surface area contributed by atoms with Crippen molar-refractivity contribution in [3.05, 3.63) is 0 Å². The molecule has 6 heteroatoms. The molecule has 0 aromatic carbocycles. The van der Waals surface area contributed by atoms with Crippen molar-refractivity contribution >= 4 is 10.1 Å². The van der Waals surface area contributed by atoms with Crippen molar-refractivity contribution in [2.24, 2.45) is 5.73 Å². The third-order valence-electron chi connectivity index (χ3n) is 1.88. The van der Waals surface area contributed by atoms with Gasteiger partial charge in [0.15, 0.2) is 0 Å². The fourth-order valence-corrected chi connectivity index (χ4v) is 1.36. The van der Waals surface area contributed by atoms with Gasteiger partial charge in [0.2, 0.25) is 0 Å². The zero-order chi connectivity index (χ0) is 9.83. The maximum absolute atomic E-state index is 10.3. The van der Waals surface area contributed by atoms with Gasteiger partial charge in [0.05, 0.1) is 12.4 Å². The summed E-state index contributed by atoms with van der Waals surface area (Å²) in [7, 11) is -3.97. The molecular weight excluding hydrogens is 182 g/mol. The molecule has 0 bridgehead atoms. The van der Waals surface area contributed by atoms with Crippen molar-refractivity contribution in [2.45, 2.75) is 25.3 Å². The Kier molecular flexibility index (Phi) is 4.12. The summed E-state index contributed by atoms with van der Waals surface area (Å²) in [6.45, 7) is 1.47. The Morgan fingerprint density at radius 1 is 1.50 bits per heavy atom. The van der Waals surface area contributed by atoms with E-state index in [-0.39, 0.29) is 13.0 Å². The molecule has 1 atom stereocenters. The fourth-order valence-electron chi connectivity index (χ4n) is 0.700. The molecule has 0 radical (unpaired) electrons. The van der Waals surface area contributed by atoms with Gasteiger partial charge in [-0.15, -0.1) is 0 Å². The van der Waals surface area contributed by atoms with Gasteiger partial charge < -0.3 is 10.8 Å². The van der Waals surface area contributed by atoms with Gasteiger partial charge >= 0.3 is 0 Å². The molecule has 0 fully saturated rings. The summed E-state index contributed by atoms with van der Waals surface area (Å²) in [4.78, 5) is 0. The number of hydrogen-bond donors (Lipinski definition) is 3. The van der Waals surface area contributed by atoms with Crippen LogP contribution in [0.1, 0.15) is 19.8 Å². The maximum atomic E-state index is 10.3. The van der Waals surface area contributed by atoms with Gasteiger partial charge in [0.1, 0.15) is 0 Å². The molecule has 0 rings (SSSR count). The number of hydrogen-bond acceptors (Lipinski definition) is 4. The summed E-state index contributed by atoms with van der Waals surface area (Å²) in [5.74, 6) is -0.405. The standard InChI is InChI=1S/C6H15NO4S/c1-2-6(7,5-8)3-4-12(9,10)11/h8H,2-5,7H2,1H3,(H,9,10,11). The van der Waals surface area contributed by atoms with E-state index in [1.165, 1.54) is 0 Å². The van der Waals surface area contributed by atoms with Crippen LogP contribution < -0.4 is 5.73 Å². The predicted molar refractivity (Wildman–Crippen MR) is 45.3 cm³/mol. The first kappa shape index (κ1) is 11.8. The van der Waals surface area contributed by atoms with Crippen LogP contribution in [0.2, 0.25) is 0 Å². The molecule has 0 aromatic heterocycles. The van der Waals surface area contributed by atoms with Crippen molar-refractivity contribution in [3.8, 4) is 0 Å². The van der Waals surface area contributed by atoms with Gasteiger partial charge in [0.25, 0.3) is 10.1 Å². The van der Waals surface area contributed by atoms with E-state index in [9.17, 15) is 8.42 Å². The third-order valence-corrected chi connectivity index (χ3v) is 2.60. The van der Waals surface area contributed by atoms with Gasteiger partial charge in [-0.2, -0.15) is 8.42 Å². The molecule has 0 aliphatic heterocycles. The Hall–Kier alpha value is -0.170. The largest absolute Gasteiger partial charge is 0.394 e. The van der Waals surface area contributed by atoms with Gasteiger partial charge in [0, 0.05) is 5.54 Å². The molecule has 0 aromatic rings. The van der Waals surface area contributed by atoms with Gasteiger partial charge in [-0.05, 0) is 12.8 Å². The van der Waals surface area contributed by atoms with Gasteiger partial charge in [-0.3, -0.25) is 4.55 Å². The van der Waals surface area contributed by atoms with Crippen LogP contribution in [-0.4, -0.2) is 36.0 Å². The highest BCUT2D eigenvalue weighted by Crippen LogP contribution is 2.11. The van der Waals surface area contributed by atoms with Crippen LogP contribution >= 0.6 is 0 Å². The Morgan fingerprint density at radius 2 is 2.00 bits per heavy atom. The van der Waals surface area contributed by atoms with E-state index in [2.05, 4.69) is 0 Å². The molecule has 4 N–H and O–H groups in total. The summed E-state index contributed by atoms with van der Waals surface area (Å²) in [6, 6.07) is 0. The first-order valence-corrected chi connectivity index (χ1v) is 5.29. The molecule has 0 saturated heterocycles. The lowest BCUT2D eigenvalue weighted by Crippen LogP contribution is -2.44. The second-order valence-corrected chi connectivity index (χ2v) is 4.48. The van der Waals surface area contributed by atoms with Crippen molar-refractivity contribution in [1.29, 1.82) is 0 Å². The van der Waals surface area contributed by atoms with Gasteiger partial charge in [-0.1, -0.05) is 6.92 Å². The monoisotopic (exact) mass is 197 g/mol. The Labute approximate surface area is 72.3 Å². The molecule has 5 nitrogen and oxygen atoms in total. The Morgan fingerprint density at radius 3 is 2.25 bits per heavy atom. The SMILES string of the molecule is CCC(N)(CO)CCS(=O)(=O)O. The topological polar surface area (TPSA) is 101 Å². The highest BCUT2D eigenvalue weighted by Gasteiger charge is 2.23. The summed E-state index contributed by atoms with van der Waals surface area (Å²) >= 11 is 0. The number of aliphatic hydroxyl groups is 1. The molecule has 0 heterocycles. The van der Waals surface area contributed by atoms with Crippen LogP contribution in [0.15, 0.2) is 0 Å². The van der Waals surface area contributed by atoms with Crippen LogP contribution in [0.4, 0.5) is 0 Å². The zero-order valence-electron chi connectivity index (χ0n) is 7.02. The lowest BCUT2D eigenvalue weighted by atomic mass is 9.96. The molecular formula is C6H15NO4S. The molecule has 12 heavy (non-hydrogen) atoms. The minimum absolute atomic E-state index is 0.0683. The zero-order valence-corrected chi connectivity index (χ0v) is 7.84. The Balaban J connectivity index is 4.07. The predicted octanol–water partition coefficient (Wildman–Crippen LogP) is -0.636. The molecule has 0 aliphatic carbocycles. The highest BCUT2D eigenvalue weighted by molar-refractivity contribution is 7.85. The lowest BCUT2D eigenvalue weighted by Gasteiger charge is -2.24. The molecule has 0 saturated carbocycles. The first-order valence-electron chi connectivity index (χ1n) is 3.68. The van der Waals surface area contributed by atoms with E-state index in [0.717, 1.165) is 0 Å². The molecule has 74 valence electrons. The summed E-state index contributed by atoms with van der Waals surface area (Å²) in [5, 5.41) is 8.78. The second kappa shape index (κ2) is 4.18. The van der Waals surface area contributed by atoms with Crippen molar-refractivity contribution in [2.75, 3.05) is 12.4 Å². The van der Waals surface area contributed by atoms with E-state index in [4.69, 9.17) is 15.4 Å². The molecule has 0 amide bonds. The van der Waals surface area contributed by atoms with Crippen molar-refractivity contribution in [3.63, 3.8) is 0 Å². The summed E-state index contributed by atoms with van der Waals surface area (Å²) in [5.41, 5.74) is 4.69. The first-order chi connectivity index (χ1) is 5.33. The summed E-state index contributed by atoms with van der Waals surface area (Å²) < 4.78 is 29.1. The van der Waals surface area contributed by atoms with Crippen molar-refractivity contribution in [1.82, 2.24) is 0 Å². The molecule has 1 unspecified atom stereocenters. The van der Waals surface area contributed by atoms with E-state index >= 15 is 0 Å². The second-order valence-electron chi connectivity index (χ2n) is 2.91. The maximum Gasteiger partial charge on any atom is 0.264 e. The number of aliphatic hydroxyl groups excluding tert-OH is 1. The average molecular weight is 197 g/mol. The van der Waals surface area contributed by atoms with Crippen LogP contribution in [0, 0.1) is 0 Å². The normalized spacial score (nSPS) is 17.3. The summed E-state index contributed by atoms with van der Waals surface area (Å²) in [6.07, 6.45) is 0.540. The van der Waals surface area contributed by atoms with Crippen molar-refractivity contribution < 1.29 is 18.1 Å². The van der Waals surface area contributed by atoms with Crippen LogP contribution in [0.5, 0.6) is 0 Å². The van der Waals surface area contributed by atoms with Crippen LogP contribution in [0.3, 0.4) is 0 Å². The van der Waals surface area contributed by atoms with E-state index in [1.54, 1.807) is 6.92 Å². The quantitative estimate of drug-likeness (QED) is 0.509. The lowest BCUT2D eigenvalue weighted by molar-refractivity contribution is 0.187. The fraction of sp³-hybridized carbons (Fsp3) is 1.00. The number of nitrogens with two attached hydrogens (primary N) is 1. The van der Waals surface area contributed by atoms with E-state index in [0.29, 0.717) is 6.42 Å². The minimum Gasteiger partial charge on any atom is -0.394 e. The van der Waals surface area contributed by atoms with Crippen LogP contribution in [-0.2, 0) is 10.1 Å². The molecule has 0 aliphatic rings. The third kappa shape index (κ3) is 4.66. The highest BCUT2D eigenvalue weighted by atomic mass is 32.2. The Bertz CT molecular complexity index is 220. The average Bonchev–Trinajstić information content (AvgIpc) is 1.99. The van der Waals surface area contributed by atoms with Crippen LogP contribution in [0.25, 0.3) is 0 Å². The smallest absolute Gasteiger partial charge is 0.264 e. The number of rotatable bonds is 5. The minimum atomic E-state index is -3.97. The van der Waals surface area contributed by atoms with E-state index in [1.807, 2.05) is 0 Å². The molecule has 0 spiro atoms. The van der Waals surface area contributed by atoms with Gasteiger partial charge in [-0.25, -0.2) is 0 Å². The van der Waals surface area contributed by atoms with E-state index < -0.39 is 21.4 Å².